The first-order valence-corrected chi connectivity index (χ1v) is 11.8. The summed E-state index contributed by atoms with van der Waals surface area (Å²) in [6, 6.07) is 9.58. The lowest BCUT2D eigenvalue weighted by Crippen LogP contribution is -2.33. The molecule has 31 heavy (non-hydrogen) atoms. The lowest BCUT2D eigenvalue weighted by atomic mass is 10.0. The lowest BCUT2D eigenvalue weighted by Gasteiger charge is -2.25. The van der Waals surface area contributed by atoms with Gasteiger partial charge in [-0.2, -0.15) is 5.26 Å². The van der Waals surface area contributed by atoms with E-state index in [0.29, 0.717) is 42.2 Å². The Bertz CT molecular complexity index is 1040. The molecule has 0 radical (unpaired) electrons. The molecule has 0 saturated carbocycles. The van der Waals surface area contributed by atoms with Crippen molar-refractivity contribution in [2.45, 2.75) is 44.6 Å². The summed E-state index contributed by atoms with van der Waals surface area (Å²) in [5, 5.41) is 15.8. The van der Waals surface area contributed by atoms with Crippen LogP contribution in [0.1, 0.15) is 42.7 Å². The number of fused-ring (bicyclic) bond motifs is 1. The molecule has 2 N–H and O–H groups in total. The third-order valence-electron chi connectivity index (χ3n) is 4.83. The van der Waals surface area contributed by atoms with Crippen molar-refractivity contribution in [3.05, 3.63) is 40.3 Å². The minimum Gasteiger partial charge on any atom is -0.337 e. The number of anilines is 2. The highest BCUT2D eigenvalue weighted by molar-refractivity contribution is 8.00. The average Bonchev–Trinajstić information content (AvgIpc) is 3.08. The van der Waals surface area contributed by atoms with E-state index in [0.717, 1.165) is 21.8 Å². The van der Waals surface area contributed by atoms with Crippen molar-refractivity contribution in [3.63, 3.8) is 0 Å². The molecule has 9 heteroatoms. The molecule has 162 valence electrons. The van der Waals surface area contributed by atoms with Crippen molar-refractivity contribution in [3.8, 4) is 6.07 Å². The van der Waals surface area contributed by atoms with Crippen LogP contribution in [0.5, 0.6) is 0 Å². The van der Waals surface area contributed by atoms with E-state index in [2.05, 4.69) is 16.7 Å². The average molecular weight is 457 g/mol. The molecular weight excluding hydrogens is 432 g/mol. The molecule has 3 rings (SSSR count). The fourth-order valence-electron chi connectivity index (χ4n) is 3.30. The fraction of sp³-hybridized carbons (Fsp3) is 0.364. The summed E-state index contributed by atoms with van der Waals surface area (Å²) >= 11 is 2.73. The van der Waals surface area contributed by atoms with Gasteiger partial charge >= 0.3 is 0 Å². The van der Waals surface area contributed by atoms with E-state index in [4.69, 9.17) is 0 Å². The molecule has 7 nitrogen and oxygen atoms in total. The van der Waals surface area contributed by atoms with Crippen LogP contribution in [0.3, 0.4) is 0 Å². The zero-order valence-corrected chi connectivity index (χ0v) is 19.1. The molecule has 0 atom stereocenters. The third kappa shape index (κ3) is 5.87. The Morgan fingerprint density at radius 3 is 2.77 bits per heavy atom. The standard InChI is InChI=1S/C22H24N4O3S2/c1-3-5-20(28)24-15-6-4-7-16(10-15)30-13-21(29)25-22-18(11-23)17-8-9-26(14(2)27)12-19(17)31-22/h4,6-7,10H,3,5,8-9,12-13H2,1-2H3,(H,24,28)(H,25,29). The van der Waals surface area contributed by atoms with E-state index >= 15 is 0 Å². The number of carbonyl (C=O) groups excluding carboxylic acids is 3. The van der Waals surface area contributed by atoms with Crippen LogP contribution < -0.4 is 10.6 Å². The molecule has 2 aromatic rings. The van der Waals surface area contributed by atoms with Gasteiger partial charge in [0.1, 0.15) is 11.1 Å². The summed E-state index contributed by atoms with van der Waals surface area (Å²) in [6.45, 7) is 4.55. The molecule has 1 aromatic carbocycles. The zero-order valence-electron chi connectivity index (χ0n) is 17.5. The van der Waals surface area contributed by atoms with Crippen LogP contribution in [0, 0.1) is 11.3 Å². The first-order valence-electron chi connectivity index (χ1n) is 10.0. The van der Waals surface area contributed by atoms with Gasteiger partial charge in [0.2, 0.25) is 17.7 Å². The van der Waals surface area contributed by atoms with Crippen molar-refractivity contribution in [2.75, 3.05) is 22.9 Å². The summed E-state index contributed by atoms with van der Waals surface area (Å²) in [7, 11) is 0. The summed E-state index contributed by atoms with van der Waals surface area (Å²) in [5.74, 6) is -0.0488. The van der Waals surface area contributed by atoms with Gasteiger partial charge < -0.3 is 15.5 Å². The highest BCUT2D eigenvalue weighted by Gasteiger charge is 2.26. The molecule has 3 amide bonds. The second kappa shape index (κ2) is 10.5. The lowest BCUT2D eigenvalue weighted by molar-refractivity contribution is -0.129. The maximum absolute atomic E-state index is 12.5. The predicted octanol–water partition coefficient (Wildman–Crippen LogP) is 3.99. The van der Waals surface area contributed by atoms with Crippen molar-refractivity contribution < 1.29 is 14.4 Å². The number of nitrogens with one attached hydrogen (secondary N) is 2. The number of benzene rings is 1. The Balaban J connectivity index is 1.61. The number of amides is 3. The first kappa shape index (κ1) is 22.8. The highest BCUT2D eigenvalue weighted by Crippen LogP contribution is 2.36. The molecule has 1 aliphatic rings. The van der Waals surface area contributed by atoms with E-state index in [1.165, 1.54) is 30.0 Å². The van der Waals surface area contributed by atoms with Crippen LogP contribution in [-0.2, 0) is 27.3 Å². The van der Waals surface area contributed by atoms with Gasteiger partial charge in [-0.3, -0.25) is 14.4 Å². The van der Waals surface area contributed by atoms with E-state index in [-0.39, 0.29) is 23.5 Å². The third-order valence-corrected chi connectivity index (χ3v) is 6.96. The maximum atomic E-state index is 12.5. The molecule has 0 saturated heterocycles. The van der Waals surface area contributed by atoms with Gasteiger partial charge in [0.05, 0.1) is 17.9 Å². The summed E-state index contributed by atoms with van der Waals surface area (Å²) in [4.78, 5) is 39.5. The normalized spacial score (nSPS) is 12.6. The molecule has 0 aliphatic carbocycles. The van der Waals surface area contributed by atoms with Gasteiger partial charge in [-0.15, -0.1) is 23.1 Å². The zero-order chi connectivity index (χ0) is 22.4. The van der Waals surface area contributed by atoms with Crippen molar-refractivity contribution in [2.24, 2.45) is 0 Å². The van der Waals surface area contributed by atoms with E-state index < -0.39 is 0 Å². The Labute approximate surface area is 189 Å². The minimum absolute atomic E-state index is 0.00709. The van der Waals surface area contributed by atoms with Crippen molar-refractivity contribution >= 4 is 51.5 Å². The molecule has 0 spiro atoms. The predicted molar refractivity (Wildman–Crippen MR) is 123 cm³/mol. The molecule has 0 unspecified atom stereocenters. The molecule has 1 aromatic heterocycles. The Morgan fingerprint density at radius 2 is 2.06 bits per heavy atom. The Hall–Kier alpha value is -2.83. The van der Waals surface area contributed by atoms with Crippen LogP contribution in [0.2, 0.25) is 0 Å². The summed E-state index contributed by atoms with van der Waals surface area (Å²) in [5.41, 5.74) is 2.14. The van der Waals surface area contributed by atoms with Gasteiger partial charge in [0.15, 0.2) is 0 Å². The second-order valence-corrected chi connectivity index (χ2v) is 9.33. The number of nitrogens with zero attached hydrogens (tertiary/aromatic N) is 2. The van der Waals surface area contributed by atoms with Crippen LogP contribution in [0.4, 0.5) is 10.7 Å². The summed E-state index contributed by atoms with van der Waals surface area (Å²) in [6.07, 6.45) is 1.87. The molecule has 0 fully saturated rings. The topological polar surface area (TPSA) is 102 Å². The van der Waals surface area contributed by atoms with E-state index in [1.54, 1.807) is 4.90 Å². The number of hydrogen-bond donors (Lipinski definition) is 2. The minimum atomic E-state index is -0.205. The SMILES string of the molecule is CCCC(=O)Nc1cccc(SCC(=O)Nc2sc3c(c2C#N)CCN(C(C)=O)C3)c1. The maximum Gasteiger partial charge on any atom is 0.235 e. The van der Waals surface area contributed by atoms with Crippen molar-refractivity contribution in [1.82, 2.24) is 4.90 Å². The number of rotatable bonds is 7. The Morgan fingerprint density at radius 1 is 1.26 bits per heavy atom. The van der Waals surface area contributed by atoms with Gasteiger partial charge in [0.25, 0.3) is 0 Å². The van der Waals surface area contributed by atoms with Crippen LogP contribution in [0.25, 0.3) is 0 Å². The van der Waals surface area contributed by atoms with E-state index in [1.807, 2.05) is 31.2 Å². The Kier molecular flexibility index (Phi) is 7.71. The van der Waals surface area contributed by atoms with Crippen LogP contribution >= 0.6 is 23.1 Å². The molecular formula is C22H24N4O3S2. The number of thiophene rings is 1. The highest BCUT2D eigenvalue weighted by atomic mass is 32.2. The van der Waals surface area contributed by atoms with E-state index in [9.17, 15) is 19.6 Å². The number of hydrogen-bond acceptors (Lipinski definition) is 6. The van der Waals surface area contributed by atoms with Crippen LogP contribution in [-0.4, -0.2) is 34.9 Å². The van der Waals surface area contributed by atoms with Crippen LogP contribution in [0.15, 0.2) is 29.2 Å². The number of nitriles is 1. The fourth-order valence-corrected chi connectivity index (χ4v) is 5.29. The van der Waals surface area contributed by atoms with Gasteiger partial charge in [0, 0.05) is 35.3 Å². The monoisotopic (exact) mass is 456 g/mol. The van der Waals surface area contributed by atoms with Gasteiger partial charge in [-0.1, -0.05) is 13.0 Å². The molecule has 0 bridgehead atoms. The molecule has 1 aliphatic heterocycles. The smallest absolute Gasteiger partial charge is 0.235 e. The second-order valence-electron chi connectivity index (χ2n) is 7.17. The van der Waals surface area contributed by atoms with Gasteiger partial charge in [-0.05, 0) is 36.6 Å². The van der Waals surface area contributed by atoms with Crippen molar-refractivity contribution in [1.29, 1.82) is 5.26 Å². The van der Waals surface area contributed by atoms with Gasteiger partial charge in [-0.25, -0.2) is 0 Å². The first-order chi connectivity index (χ1) is 14.9. The molecule has 2 heterocycles. The number of carbonyl (C=O) groups is 3. The number of thioether (sulfide) groups is 1. The summed E-state index contributed by atoms with van der Waals surface area (Å²) < 4.78 is 0. The quantitative estimate of drug-likeness (QED) is 0.613. The largest absolute Gasteiger partial charge is 0.337 e.